The van der Waals surface area contributed by atoms with Crippen LogP contribution in [0, 0.1) is 6.92 Å². The third kappa shape index (κ3) is 4.04. The van der Waals surface area contributed by atoms with Crippen molar-refractivity contribution in [1.29, 1.82) is 0 Å². The fraction of sp³-hybridized carbons (Fsp3) is 0.200. The Labute approximate surface area is 189 Å². The summed E-state index contributed by atoms with van der Waals surface area (Å²) in [6, 6.07) is 18.9. The minimum absolute atomic E-state index is 0.167. The van der Waals surface area contributed by atoms with E-state index in [1.165, 1.54) is 10.5 Å². The van der Waals surface area contributed by atoms with Crippen LogP contribution in [0.1, 0.15) is 17.7 Å². The van der Waals surface area contributed by atoms with E-state index in [9.17, 15) is 9.59 Å². The van der Waals surface area contributed by atoms with Crippen LogP contribution in [0.4, 0.5) is 5.69 Å². The van der Waals surface area contributed by atoms with E-state index in [-0.39, 0.29) is 18.2 Å². The Morgan fingerprint density at radius 2 is 1.94 bits per heavy atom. The molecule has 1 N–H and O–H groups in total. The molecular weight excluding hydrogens is 420 g/mol. The molecule has 2 amide bonds. The van der Waals surface area contributed by atoms with Crippen LogP contribution < -0.4 is 10.2 Å². The Balaban J connectivity index is 1.27. The fourth-order valence-electron chi connectivity index (χ4n) is 3.89. The van der Waals surface area contributed by atoms with E-state index < -0.39 is 6.04 Å². The van der Waals surface area contributed by atoms with E-state index in [1.54, 1.807) is 17.5 Å². The van der Waals surface area contributed by atoms with Gasteiger partial charge in [-0.05, 0) is 61.0 Å². The second-order valence-electron chi connectivity index (χ2n) is 7.89. The Morgan fingerprint density at radius 3 is 2.72 bits per heavy atom. The maximum absolute atomic E-state index is 12.9. The van der Waals surface area contributed by atoms with Crippen molar-refractivity contribution in [3.05, 3.63) is 78.1 Å². The zero-order valence-electron chi connectivity index (χ0n) is 17.6. The van der Waals surface area contributed by atoms with E-state index in [1.807, 2.05) is 48.5 Å². The highest BCUT2D eigenvalue weighted by Crippen LogP contribution is 2.32. The number of amides is 2. The number of benzene rings is 2. The highest BCUT2D eigenvalue weighted by atomic mass is 32.1. The van der Waals surface area contributed by atoms with Crippen LogP contribution in [0.15, 0.2) is 66.9 Å². The van der Waals surface area contributed by atoms with Crippen molar-refractivity contribution >= 4 is 39.1 Å². The summed E-state index contributed by atoms with van der Waals surface area (Å²) in [5.41, 5.74) is 4.70. The number of carbonyl (C=O) groups excluding carboxylic acids is 2. The SMILES string of the molecule is Cc1ccc2nc(-c3ccc(N4C(=O)C[C@H](NCCc5ccccn5)C4=O)cc3)sc2c1. The molecule has 2 aromatic carbocycles. The summed E-state index contributed by atoms with van der Waals surface area (Å²) in [4.78, 5) is 35.7. The Hall–Kier alpha value is -3.42. The topological polar surface area (TPSA) is 75.2 Å². The molecule has 160 valence electrons. The van der Waals surface area contributed by atoms with Gasteiger partial charge < -0.3 is 5.32 Å². The normalized spacial score (nSPS) is 16.3. The van der Waals surface area contributed by atoms with Crippen LogP contribution in [0.2, 0.25) is 0 Å². The van der Waals surface area contributed by atoms with Gasteiger partial charge in [0.05, 0.1) is 28.4 Å². The lowest BCUT2D eigenvalue weighted by molar-refractivity contribution is -0.121. The third-order valence-electron chi connectivity index (χ3n) is 5.56. The standard InChI is InChI=1S/C25H22N4O2S/c1-16-5-10-20-22(14-16)32-24(28-20)17-6-8-19(9-7-17)29-23(30)15-21(25(29)31)27-13-11-18-4-2-3-12-26-18/h2-10,12,14,21,27H,11,13,15H2,1H3/t21-/m0/s1. The third-order valence-corrected chi connectivity index (χ3v) is 6.63. The molecule has 1 aliphatic rings. The van der Waals surface area contributed by atoms with Gasteiger partial charge in [-0.3, -0.25) is 14.6 Å². The van der Waals surface area contributed by atoms with Crippen LogP contribution in [0.3, 0.4) is 0 Å². The Morgan fingerprint density at radius 1 is 1.09 bits per heavy atom. The van der Waals surface area contributed by atoms with Gasteiger partial charge in [-0.1, -0.05) is 12.1 Å². The van der Waals surface area contributed by atoms with Gasteiger partial charge in [-0.25, -0.2) is 9.88 Å². The Bertz CT molecular complexity index is 1280. The lowest BCUT2D eigenvalue weighted by Crippen LogP contribution is -2.39. The minimum Gasteiger partial charge on any atom is -0.305 e. The number of hydrogen-bond donors (Lipinski definition) is 1. The second-order valence-corrected chi connectivity index (χ2v) is 8.92. The molecule has 1 fully saturated rings. The molecule has 1 atom stereocenters. The first-order chi connectivity index (χ1) is 15.6. The number of aromatic nitrogens is 2. The van der Waals surface area contributed by atoms with Crippen molar-refractivity contribution in [3.63, 3.8) is 0 Å². The number of imide groups is 1. The van der Waals surface area contributed by atoms with Crippen LogP contribution >= 0.6 is 11.3 Å². The molecule has 5 rings (SSSR count). The summed E-state index contributed by atoms with van der Waals surface area (Å²) in [6.07, 6.45) is 2.62. The highest BCUT2D eigenvalue weighted by molar-refractivity contribution is 7.21. The molecule has 3 heterocycles. The number of hydrogen-bond acceptors (Lipinski definition) is 6. The van der Waals surface area contributed by atoms with Crippen molar-refractivity contribution in [2.45, 2.75) is 25.8 Å². The molecule has 0 bridgehead atoms. The molecule has 2 aromatic heterocycles. The summed E-state index contributed by atoms with van der Waals surface area (Å²) in [7, 11) is 0. The number of nitrogens with one attached hydrogen (secondary N) is 1. The smallest absolute Gasteiger partial charge is 0.251 e. The molecule has 4 aromatic rings. The number of pyridine rings is 1. The lowest BCUT2D eigenvalue weighted by atomic mass is 10.2. The van der Waals surface area contributed by atoms with E-state index in [2.05, 4.69) is 29.4 Å². The van der Waals surface area contributed by atoms with E-state index >= 15 is 0 Å². The largest absolute Gasteiger partial charge is 0.305 e. The van der Waals surface area contributed by atoms with Gasteiger partial charge in [0.2, 0.25) is 5.91 Å². The number of anilines is 1. The number of aryl methyl sites for hydroxylation is 1. The van der Waals surface area contributed by atoms with Crippen molar-refractivity contribution in [1.82, 2.24) is 15.3 Å². The van der Waals surface area contributed by atoms with Gasteiger partial charge in [-0.2, -0.15) is 0 Å². The van der Waals surface area contributed by atoms with E-state index in [0.717, 1.165) is 26.5 Å². The first kappa shape index (κ1) is 20.5. The van der Waals surface area contributed by atoms with Gasteiger partial charge >= 0.3 is 0 Å². The summed E-state index contributed by atoms with van der Waals surface area (Å²) in [5.74, 6) is -0.396. The Kier molecular flexibility index (Phi) is 5.51. The number of thiazole rings is 1. The zero-order valence-corrected chi connectivity index (χ0v) is 18.4. The van der Waals surface area contributed by atoms with Gasteiger partial charge in [0.1, 0.15) is 5.01 Å². The molecule has 6 nitrogen and oxygen atoms in total. The minimum atomic E-state index is -0.501. The van der Waals surface area contributed by atoms with E-state index in [4.69, 9.17) is 4.98 Å². The van der Waals surface area contributed by atoms with Crippen LogP contribution in [-0.2, 0) is 16.0 Å². The molecule has 0 aliphatic carbocycles. The first-order valence-electron chi connectivity index (χ1n) is 10.6. The van der Waals surface area contributed by atoms with Crippen molar-refractivity contribution in [3.8, 4) is 10.6 Å². The van der Waals surface area contributed by atoms with Crippen molar-refractivity contribution < 1.29 is 9.59 Å². The van der Waals surface area contributed by atoms with Gasteiger partial charge in [0.25, 0.3) is 5.91 Å². The summed E-state index contributed by atoms with van der Waals surface area (Å²) in [5, 5.41) is 4.13. The second kappa shape index (κ2) is 8.61. The lowest BCUT2D eigenvalue weighted by Gasteiger charge is -2.16. The molecule has 0 unspecified atom stereocenters. The number of carbonyl (C=O) groups is 2. The number of nitrogens with zero attached hydrogens (tertiary/aromatic N) is 3. The van der Waals surface area contributed by atoms with E-state index in [0.29, 0.717) is 18.7 Å². The summed E-state index contributed by atoms with van der Waals surface area (Å²) < 4.78 is 1.15. The van der Waals surface area contributed by atoms with Gasteiger partial charge in [-0.15, -0.1) is 11.3 Å². The fourth-order valence-corrected chi connectivity index (χ4v) is 4.96. The molecule has 7 heteroatoms. The van der Waals surface area contributed by atoms with Crippen LogP contribution in [0.25, 0.3) is 20.8 Å². The first-order valence-corrected chi connectivity index (χ1v) is 11.4. The molecule has 0 saturated carbocycles. The number of rotatable bonds is 6. The number of fused-ring (bicyclic) bond motifs is 1. The van der Waals surface area contributed by atoms with Crippen LogP contribution in [-0.4, -0.2) is 34.4 Å². The molecular formula is C25H22N4O2S. The van der Waals surface area contributed by atoms with Gasteiger partial charge in [0.15, 0.2) is 0 Å². The average molecular weight is 443 g/mol. The quantitative estimate of drug-likeness (QED) is 0.455. The molecule has 1 saturated heterocycles. The van der Waals surface area contributed by atoms with Gasteiger partial charge in [0, 0.05) is 30.4 Å². The summed E-state index contributed by atoms with van der Waals surface area (Å²) in [6.45, 7) is 2.66. The maximum Gasteiger partial charge on any atom is 0.251 e. The molecule has 32 heavy (non-hydrogen) atoms. The predicted octanol–water partition coefficient (Wildman–Crippen LogP) is 4.13. The van der Waals surface area contributed by atoms with Crippen molar-refractivity contribution in [2.75, 3.05) is 11.4 Å². The molecule has 1 aliphatic heterocycles. The average Bonchev–Trinajstić information content (AvgIpc) is 3.34. The summed E-state index contributed by atoms with van der Waals surface area (Å²) >= 11 is 1.64. The molecule has 0 radical (unpaired) electrons. The highest BCUT2D eigenvalue weighted by Gasteiger charge is 2.39. The predicted molar refractivity (Wildman–Crippen MR) is 127 cm³/mol. The monoisotopic (exact) mass is 442 g/mol. The van der Waals surface area contributed by atoms with Crippen LogP contribution in [0.5, 0.6) is 0 Å². The zero-order chi connectivity index (χ0) is 22.1. The molecule has 0 spiro atoms. The maximum atomic E-state index is 12.9. The van der Waals surface area contributed by atoms with Crippen molar-refractivity contribution in [2.24, 2.45) is 0 Å².